The van der Waals surface area contributed by atoms with Crippen LogP contribution in [0.1, 0.15) is 18.4 Å². The summed E-state index contributed by atoms with van der Waals surface area (Å²) in [5.41, 5.74) is 1.63. The molecule has 1 saturated heterocycles. The van der Waals surface area contributed by atoms with Crippen LogP contribution in [0, 0.1) is 30.6 Å². The molecule has 3 fully saturated rings. The van der Waals surface area contributed by atoms with Crippen molar-refractivity contribution in [2.45, 2.75) is 25.9 Å². The zero-order valence-corrected chi connectivity index (χ0v) is 13.4. The number of esters is 2. The minimum absolute atomic E-state index is 0.0131. The second-order valence-corrected chi connectivity index (χ2v) is 6.89. The van der Waals surface area contributed by atoms with Gasteiger partial charge < -0.3 is 14.8 Å². The van der Waals surface area contributed by atoms with Crippen LogP contribution in [0.15, 0.2) is 24.3 Å². The molecule has 1 amide bonds. The highest BCUT2D eigenvalue weighted by Gasteiger charge is 2.64. The summed E-state index contributed by atoms with van der Waals surface area (Å²) in [6, 6.07) is 7.39. The number of ether oxygens (including phenoxy) is 2. The van der Waals surface area contributed by atoms with E-state index >= 15 is 0 Å². The van der Waals surface area contributed by atoms with Gasteiger partial charge in [0.1, 0.15) is 6.10 Å². The van der Waals surface area contributed by atoms with Gasteiger partial charge in [0.25, 0.3) is 5.91 Å². The van der Waals surface area contributed by atoms with E-state index in [-0.39, 0.29) is 42.3 Å². The van der Waals surface area contributed by atoms with Crippen molar-refractivity contribution in [2.24, 2.45) is 23.7 Å². The summed E-state index contributed by atoms with van der Waals surface area (Å²) in [5.74, 6) is -1.65. The van der Waals surface area contributed by atoms with Gasteiger partial charge in [0, 0.05) is 11.6 Å². The normalized spacial score (nSPS) is 32.5. The second-order valence-electron chi connectivity index (χ2n) is 6.89. The van der Waals surface area contributed by atoms with Crippen molar-refractivity contribution < 1.29 is 23.9 Å². The number of aryl methyl sites for hydroxylation is 1. The Hall–Kier alpha value is -2.37. The number of para-hydroxylation sites is 1. The van der Waals surface area contributed by atoms with Gasteiger partial charge in [-0.3, -0.25) is 14.4 Å². The van der Waals surface area contributed by atoms with E-state index in [2.05, 4.69) is 5.32 Å². The van der Waals surface area contributed by atoms with E-state index in [1.807, 2.05) is 25.1 Å². The number of hydrogen-bond donors (Lipinski definition) is 1. The first-order valence-electron chi connectivity index (χ1n) is 8.27. The molecule has 0 spiro atoms. The maximum atomic E-state index is 12.4. The van der Waals surface area contributed by atoms with Crippen LogP contribution in [0.5, 0.6) is 0 Å². The molecule has 5 atom stereocenters. The van der Waals surface area contributed by atoms with Crippen LogP contribution in [0.4, 0.5) is 5.69 Å². The average molecular weight is 329 g/mol. The predicted octanol–water partition coefficient (Wildman–Crippen LogP) is 1.67. The molecular weight excluding hydrogens is 310 g/mol. The molecule has 1 aliphatic heterocycles. The molecule has 1 heterocycles. The lowest BCUT2D eigenvalue weighted by Crippen LogP contribution is -2.35. The van der Waals surface area contributed by atoms with Crippen molar-refractivity contribution in [1.29, 1.82) is 0 Å². The van der Waals surface area contributed by atoms with Gasteiger partial charge in [0.2, 0.25) is 0 Å². The first kappa shape index (κ1) is 15.2. The molecule has 1 N–H and O–H groups in total. The Morgan fingerprint density at radius 2 is 2.08 bits per heavy atom. The Balaban J connectivity index is 1.35. The van der Waals surface area contributed by atoms with E-state index in [9.17, 15) is 14.4 Å². The number of carbonyl (C=O) groups is 3. The van der Waals surface area contributed by atoms with Gasteiger partial charge in [-0.25, -0.2) is 0 Å². The van der Waals surface area contributed by atoms with Gasteiger partial charge in [0.15, 0.2) is 6.61 Å². The fourth-order valence-electron chi connectivity index (χ4n) is 4.46. The van der Waals surface area contributed by atoms with Gasteiger partial charge in [0.05, 0.1) is 11.8 Å². The summed E-state index contributed by atoms with van der Waals surface area (Å²) in [6.45, 7) is 1.55. The Bertz CT molecular complexity index is 713. The summed E-state index contributed by atoms with van der Waals surface area (Å²) in [4.78, 5) is 36.3. The quantitative estimate of drug-likeness (QED) is 0.850. The van der Waals surface area contributed by atoms with Crippen molar-refractivity contribution in [3.63, 3.8) is 0 Å². The number of nitrogens with one attached hydrogen (secondary N) is 1. The zero-order chi connectivity index (χ0) is 16.8. The monoisotopic (exact) mass is 329 g/mol. The first-order valence-corrected chi connectivity index (χ1v) is 8.27. The number of carbonyl (C=O) groups excluding carboxylic acids is 3. The minimum Gasteiger partial charge on any atom is -0.462 e. The van der Waals surface area contributed by atoms with E-state index < -0.39 is 11.9 Å². The Kier molecular flexibility index (Phi) is 3.55. The summed E-state index contributed by atoms with van der Waals surface area (Å²) < 4.78 is 10.5. The predicted molar refractivity (Wildman–Crippen MR) is 83.8 cm³/mol. The molecule has 24 heavy (non-hydrogen) atoms. The fourth-order valence-corrected chi connectivity index (χ4v) is 4.46. The fraction of sp³-hybridized carbons (Fsp3) is 0.500. The SMILES string of the molecule is Cc1ccccc1NC(=O)COC(=O)[C@@H]1[C@@H]2C[C@@H]3[C@@H]1C(=O)O[C@@H]3C2. The smallest absolute Gasteiger partial charge is 0.310 e. The highest BCUT2D eigenvalue weighted by molar-refractivity contribution is 5.94. The lowest BCUT2D eigenvalue weighted by molar-refractivity contribution is -0.157. The van der Waals surface area contributed by atoms with Crippen molar-refractivity contribution in [3.8, 4) is 0 Å². The van der Waals surface area contributed by atoms with Crippen LogP contribution < -0.4 is 5.32 Å². The molecule has 0 aromatic heterocycles. The molecule has 2 saturated carbocycles. The van der Waals surface area contributed by atoms with E-state index in [1.165, 1.54) is 0 Å². The molecule has 1 aromatic rings. The van der Waals surface area contributed by atoms with Crippen molar-refractivity contribution >= 4 is 23.5 Å². The number of amides is 1. The van der Waals surface area contributed by atoms with Gasteiger partial charge in [-0.2, -0.15) is 0 Å². The minimum atomic E-state index is -0.454. The molecular formula is C18H19NO5. The Morgan fingerprint density at radius 1 is 1.29 bits per heavy atom. The second kappa shape index (κ2) is 5.61. The van der Waals surface area contributed by atoms with Gasteiger partial charge in [-0.15, -0.1) is 0 Å². The number of anilines is 1. The molecule has 4 rings (SSSR count). The number of hydrogen-bond acceptors (Lipinski definition) is 5. The Labute approximate surface area is 139 Å². The van der Waals surface area contributed by atoms with Gasteiger partial charge >= 0.3 is 11.9 Å². The Morgan fingerprint density at radius 3 is 2.88 bits per heavy atom. The van der Waals surface area contributed by atoms with E-state index in [1.54, 1.807) is 6.07 Å². The average Bonchev–Trinajstić information content (AvgIpc) is 3.16. The number of rotatable bonds is 4. The summed E-state index contributed by atoms with van der Waals surface area (Å²) in [7, 11) is 0. The first-order chi connectivity index (χ1) is 11.5. The van der Waals surface area contributed by atoms with Crippen molar-refractivity contribution in [3.05, 3.63) is 29.8 Å². The van der Waals surface area contributed by atoms with Crippen molar-refractivity contribution in [2.75, 3.05) is 11.9 Å². The largest absolute Gasteiger partial charge is 0.462 e. The molecule has 2 aliphatic carbocycles. The zero-order valence-electron chi connectivity index (χ0n) is 13.4. The molecule has 0 unspecified atom stereocenters. The van der Waals surface area contributed by atoms with E-state index in [0.29, 0.717) is 5.69 Å². The summed E-state index contributed by atoms with van der Waals surface area (Å²) in [6.07, 6.45) is 1.57. The third kappa shape index (κ3) is 2.37. The number of fused-ring (bicyclic) bond motifs is 1. The number of benzene rings is 1. The van der Waals surface area contributed by atoms with Crippen LogP contribution in [-0.4, -0.2) is 30.6 Å². The third-order valence-electron chi connectivity index (χ3n) is 5.52. The van der Waals surface area contributed by atoms with E-state index in [4.69, 9.17) is 9.47 Å². The summed E-state index contributed by atoms with van der Waals surface area (Å²) in [5, 5.41) is 2.72. The van der Waals surface area contributed by atoms with Gasteiger partial charge in [-0.05, 0) is 37.3 Å². The standard InChI is InChI=1S/C18H19NO5/c1-9-4-2-3-5-12(9)19-14(20)8-23-17(21)15-10-6-11-13(7-10)24-18(22)16(11)15/h2-5,10-11,13,15-16H,6-8H2,1H3,(H,19,20)/t10-,11+,13-,15-,16+/m1/s1. The molecule has 6 heteroatoms. The van der Waals surface area contributed by atoms with E-state index in [0.717, 1.165) is 18.4 Å². The third-order valence-corrected chi connectivity index (χ3v) is 5.52. The van der Waals surface area contributed by atoms with Crippen LogP contribution in [0.2, 0.25) is 0 Å². The molecule has 6 nitrogen and oxygen atoms in total. The van der Waals surface area contributed by atoms with Gasteiger partial charge in [-0.1, -0.05) is 18.2 Å². The lowest BCUT2D eigenvalue weighted by Gasteiger charge is -2.22. The maximum absolute atomic E-state index is 12.4. The van der Waals surface area contributed by atoms with Crippen LogP contribution >= 0.6 is 0 Å². The highest BCUT2D eigenvalue weighted by atomic mass is 16.6. The summed E-state index contributed by atoms with van der Waals surface area (Å²) >= 11 is 0. The lowest BCUT2D eigenvalue weighted by atomic mass is 9.80. The van der Waals surface area contributed by atoms with Crippen LogP contribution in [0.25, 0.3) is 0 Å². The molecule has 0 radical (unpaired) electrons. The van der Waals surface area contributed by atoms with Crippen LogP contribution in [0.3, 0.4) is 0 Å². The topological polar surface area (TPSA) is 81.7 Å². The van der Waals surface area contributed by atoms with Crippen LogP contribution in [-0.2, 0) is 23.9 Å². The molecule has 1 aromatic carbocycles. The molecule has 3 aliphatic rings. The molecule has 2 bridgehead atoms. The highest BCUT2D eigenvalue weighted by Crippen LogP contribution is 2.57. The maximum Gasteiger partial charge on any atom is 0.310 e. The molecule has 126 valence electrons. The van der Waals surface area contributed by atoms with Crippen molar-refractivity contribution in [1.82, 2.24) is 0 Å².